The molecule has 1 aromatic heterocycles. The molecule has 4 nitrogen and oxygen atoms in total. The Morgan fingerprint density at radius 3 is 2.77 bits per heavy atom. The fourth-order valence-corrected chi connectivity index (χ4v) is 1.61. The summed E-state index contributed by atoms with van der Waals surface area (Å²) in [5, 5.41) is 8.28. The van der Waals surface area contributed by atoms with Crippen molar-refractivity contribution in [2.45, 2.75) is 38.6 Å². The van der Waals surface area contributed by atoms with E-state index in [1.165, 1.54) is 12.8 Å². The maximum atomic E-state index is 5.62. The van der Waals surface area contributed by atoms with E-state index in [0.717, 1.165) is 11.6 Å². The smallest absolute Gasteiger partial charge is 0.137 e. The fraction of sp³-hybridized carbons (Fsp3) is 0.778. The first-order valence-electron chi connectivity index (χ1n) is 4.85. The lowest BCUT2D eigenvalue weighted by Crippen LogP contribution is -2.14. The summed E-state index contributed by atoms with van der Waals surface area (Å²) in [6, 6.07) is 0.652. The van der Waals surface area contributed by atoms with Crippen LogP contribution >= 0.6 is 0 Å². The highest BCUT2D eigenvalue weighted by Gasteiger charge is 2.29. The molecule has 0 saturated heterocycles. The van der Waals surface area contributed by atoms with Crippen molar-refractivity contribution in [3.63, 3.8) is 0 Å². The topological polar surface area (TPSA) is 56.7 Å². The van der Waals surface area contributed by atoms with Crippen LogP contribution in [0.2, 0.25) is 0 Å². The summed E-state index contributed by atoms with van der Waals surface area (Å²) >= 11 is 0. The van der Waals surface area contributed by atoms with Crippen molar-refractivity contribution in [2.24, 2.45) is 5.73 Å². The quantitative estimate of drug-likeness (QED) is 0.754. The SMILES string of the molecule is Cc1nnc(C(C)CN)n1C1CC1. The van der Waals surface area contributed by atoms with Gasteiger partial charge in [-0.1, -0.05) is 6.92 Å². The van der Waals surface area contributed by atoms with E-state index in [2.05, 4.69) is 21.7 Å². The van der Waals surface area contributed by atoms with Gasteiger partial charge >= 0.3 is 0 Å². The van der Waals surface area contributed by atoms with Crippen LogP contribution in [0.4, 0.5) is 0 Å². The summed E-state index contributed by atoms with van der Waals surface area (Å²) in [6.07, 6.45) is 2.53. The van der Waals surface area contributed by atoms with E-state index in [0.29, 0.717) is 18.5 Å². The number of aryl methyl sites for hydroxylation is 1. The van der Waals surface area contributed by atoms with Crippen LogP contribution < -0.4 is 5.73 Å². The molecule has 1 heterocycles. The summed E-state index contributed by atoms with van der Waals surface area (Å²) in [7, 11) is 0. The predicted molar refractivity (Wildman–Crippen MR) is 50.5 cm³/mol. The van der Waals surface area contributed by atoms with Crippen molar-refractivity contribution >= 4 is 0 Å². The molecule has 0 aromatic carbocycles. The second kappa shape index (κ2) is 3.10. The van der Waals surface area contributed by atoms with Gasteiger partial charge in [0.05, 0.1) is 0 Å². The molecule has 72 valence electrons. The molecule has 1 aromatic rings. The first-order chi connectivity index (χ1) is 6.24. The Hall–Kier alpha value is -0.900. The molecule has 13 heavy (non-hydrogen) atoms. The minimum Gasteiger partial charge on any atom is -0.330 e. The molecular weight excluding hydrogens is 164 g/mol. The molecule has 4 heteroatoms. The van der Waals surface area contributed by atoms with Crippen LogP contribution in [0.3, 0.4) is 0 Å². The van der Waals surface area contributed by atoms with Gasteiger partial charge in [-0.15, -0.1) is 10.2 Å². The second-order valence-electron chi connectivity index (χ2n) is 3.84. The minimum absolute atomic E-state index is 0.321. The van der Waals surface area contributed by atoms with Crippen LogP contribution in [-0.4, -0.2) is 21.3 Å². The van der Waals surface area contributed by atoms with E-state index < -0.39 is 0 Å². The number of nitrogens with two attached hydrogens (primary N) is 1. The first kappa shape index (κ1) is 8.69. The lowest BCUT2D eigenvalue weighted by atomic mass is 10.1. The Morgan fingerprint density at radius 1 is 1.54 bits per heavy atom. The highest BCUT2D eigenvalue weighted by Crippen LogP contribution is 2.37. The van der Waals surface area contributed by atoms with Crippen LogP contribution in [0.1, 0.15) is 43.4 Å². The monoisotopic (exact) mass is 180 g/mol. The molecule has 1 aliphatic carbocycles. The lowest BCUT2D eigenvalue weighted by Gasteiger charge is -2.10. The van der Waals surface area contributed by atoms with Crippen molar-refractivity contribution < 1.29 is 0 Å². The Labute approximate surface area is 78.1 Å². The van der Waals surface area contributed by atoms with E-state index in [9.17, 15) is 0 Å². The molecule has 2 N–H and O–H groups in total. The first-order valence-corrected chi connectivity index (χ1v) is 4.85. The molecule has 0 spiro atoms. The molecule has 1 fully saturated rings. The highest BCUT2D eigenvalue weighted by atomic mass is 15.3. The molecule has 1 atom stereocenters. The van der Waals surface area contributed by atoms with E-state index in [-0.39, 0.29) is 0 Å². The summed E-state index contributed by atoms with van der Waals surface area (Å²) in [5.74, 6) is 2.40. The molecule has 1 unspecified atom stereocenters. The second-order valence-corrected chi connectivity index (χ2v) is 3.84. The van der Waals surface area contributed by atoms with E-state index in [4.69, 9.17) is 5.73 Å². The fourth-order valence-electron chi connectivity index (χ4n) is 1.61. The third-order valence-corrected chi connectivity index (χ3v) is 2.60. The van der Waals surface area contributed by atoms with Gasteiger partial charge in [0.25, 0.3) is 0 Å². The van der Waals surface area contributed by atoms with Crippen LogP contribution in [0.15, 0.2) is 0 Å². The summed E-state index contributed by atoms with van der Waals surface area (Å²) < 4.78 is 2.25. The van der Waals surface area contributed by atoms with Crippen molar-refractivity contribution in [3.05, 3.63) is 11.6 Å². The summed E-state index contributed by atoms with van der Waals surface area (Å²) in [4.78, 5) is 0. The third kappa shape index (κ3) is 1.46. The molecule has 0 aliphatic heterocycles. The van der Waals surface area contributed by atoms with Gasteiger partial charge in [0, 0.05) is 18.5 Å². The van der Waals surface area contributed by atoms with Gasteiger partial charge < -0.3 is 10.3 Å². The van der Waals surface area contributed by atoms with Gasteiger partial charge in [-0.2, -0.15) is 0 Å². The highest BCUT2D eigenvalue weighted by molar-refractivity contribution is 5.05. The van der Waals surface area contributed by atoms with Gasteiger partial charge in [0.2, 0.25) is 0 Å². The van der Waals surface area contributed by atoms with E-state index in [1.54, 1.807) is 0 Å². The van der Waals surface area contributed by atoms with Crippen LogP contribution in [0.25, 0.3) is 0 Å². The van der Waals surface area contributed by atoms with Gasteiger partial charge in [-0.3, -0.25) is 0 Å². The molecule has 0 amide bonds. The Balaban J connectivity index is 2.33. The average molecular weight is 180 g/mol. The lowest BCUT2D eigenvalue weighted by molar-refractivity contribution is 0.606. The van der Waals surface area contributed by atoms with Crippen molar-refractivity contribution in [1.82, 2.24) is 14.8 Å². The standard InChI is InChI=1S/C9H16N4/c1-6(5-10)9-12-11-7(2)13(9)8-3-4-8/h6,8H,3-5,10H2,1-2H3. The number of rotatable bonds is 3. The van der Waals surface area contributed by atoms with Crippen molar-refractivity contribution in [2.75, 3.05) is 6.54 Å². The van der Waals surface area contributed by atoms with E-state index >= 15 is 0 Å². The predicted octanol–water partition coefficient (Wildman–Crippen LogP) is 0.984. The normalized spacial score (nSPS) is 19.0. The van der Waals surface area contributed by atoms with Crippen LogP contribution in [0, 0.1) is 6.92 Å². The molecule has 1 aliphatic rings. The third-order valence-electron chi connectivity index (χ3n) is 2.60. The molecule has 0 radical (unpaired) electrons. The maximum Gasteiger partial charge on any atom is 0.137 e. The zero-order valence-electron chi connectivity index (χ0n) is 8.20. The van der Waals surface area contributed by atoms with Gasteiger partial charge in [-0.25, -0.2) is 0 Å². The molecular formula is C9H16N4. The Kier molecular flexibility index (Phi) is 2.07. The molecule has 0 bridgehead atoms. The van der Waals surface area contributed by atoms with Crippen molar-refractivity contribution in [3.8, 4) is 0 Å². The Morgan fingerprint density at radius 2 is 2.23 bits per heavy atom. The maximum absolute atomic E-state index is 5.62. The van der Waals surface area contributed by atoms with Gasteiger partial charge in [-0.05, 0) is 19.8 Å². The number of nitrogens with zero attached hydrogens (tertiary/aromatic N) is 3. The van der Waals surface area contributed by atoms with Crippen LogP contribution in [0.5, 0.6) is 0 Å². The number of hydrogen-bond donors (Lipinski definition) is 1. The largest absolute Gasteiger partial charge is 0.330 e. The molecule has 1 saturated carbocycles. The van der Waals surface area contributed by atoms with Gasteiger partial charge in [0.15, 0.2) is 0 Å². The summed E-state index contributed by atoms with van der Waals surface area (Å²) in [6.45, 7) is 4.76. The zero-order valence-corrected chi connectivity index (χ0v) is 8.20. The zero-order chi connectivity index (χ0) is 9.42. The van der Waals surface area contributed by atoms with Crippen LogP contribution in [-0.2, 0) is 0 Å². The molecule has 2 rings (SSSR count). The van der Waals surface area contributed by atoms with E-state index in [1.807, 2.05) is 6.92 Å². The number of hydrogen-bond acceptors (Lipinski definition) is 3. The minimum atomic E-state index is 0.321. The van der Waals surface area contributed by atoms with Crippen molar-refractivity contribution in [1.29, 1.82) is 0 Å². The van der Waals surface area contributed by atoms with Gasteiger partial charge in [0.1, 0.15) is 11.6 Å². The summed E-state index contributed by atoms with van der Waals surface area (Å²) in [5.41, 5.74) is 5.62. The number of aromatic nitrogens is 3. The Bertz CT molecular complexity index is 301. The average Bonchev–Trinajstić information content (AvgIpc) is 2.89.